The number of hydrogen-bond acceptors (Lipinski definition) is 4. The van der Waals surface area contributed by atoms with Gasteiger partial charge in [0.05, 0.1) is 19.4 Å². The zero-order valence-corrected chi connectivity index (χ0v) is 9.90. The summed E-state index contributed by atoms with van der Waals surface area (Å²) >= 11 is 0. The standard InChI is InChI=1S/C9H15N3O3S/c1-2-8-7-15-4-3-12(8)16(13,14)9-5-10-11-6-9/h5-6,8H,2-4,7H2,1H3,(H,10,11). The third kappa shape index (κ3) is 1.98. The van der Waals surface area contributed by atoms with Gasteiger partial charge in [-0.05, 0) is 6.42 Å². The average molecular weight is 245 g/mol. The van der Waals surface area contributed by atoms with E-state index >= 15 is 0 Å². The van der Waals surface area contributed by atoms with Gasteiger partial charge in [0.25, 0.3) is 0 Å². The topological polar surface area (TPSA) is 75.3 Å². The summed E-state index contributed by atoms with van der Waals surface area (Å²) in [6, 6.07) is -0.0753. The maximum absolute atomic E-state index is 12.2. The van der Waals surface area contributed by atoms with Gasteiger partial charge < -0.3 is 4.74 Å². The largest absolute Gasteiger partial charge is 0.378 e. The Morgan fingerprint density at radius 2 is 2.50 bits per heavy atom. The minimum atomic E-state index is -3.42. The summed E-state index contributed by atoms with van der Waals surface area (Å²) in [6.45, 7) is 3.28. The normalized spacial score (nSPS) is 23.4. The molecule has 0 radical (unpaired) electrons. The second-order valence-electron chi connectivity index (χ2n) is 3.69. The van der Waals surface area contributed by atoms with Gasteiger partial charge in [0, 0.05) is 18.8 Å². The van der Waals surface area contributed by atoms with Gasteiger partial charge in [0.2, 0.25) is 10.0 Å². The summed E-state index contributed by atoms with van der Waals surface area (Å²) in [5, 5.41) is 6.19. The fourth-order valence-electron chi connectivity index (χ4n) is 1.79. The Morgan fingerprint density at radius 3 is 3.12 bits per heavy atom. The zero-order chi connectivity index (χ0) is 11.6. The molecule has 7 heteroatoms. The molecule has 1 aliphatic heterocycles. The minimum Gasteiger partial charge on any atom is -0.378 e. The molecule has 0 spiro atoms. The molecular formula is C9H15N3O3S. The lowest BCUT2D eigenvalue weighted by Crippen LogP contribution is -2.48. The van der Waals surface area contributed by atoms with Gasteiger partial charge in [-0.1, -0.05) is 6.92 Å². The molecule has 1 aromatic heterocycles. The summed E-state index contributed by atoms with van der Waals surface area (Å²) in [6.07, 6.45) is 3.48. The molecule has 2 rings (SSSR count). The van der Waals surface area contributed by atoms with Crippen LogP contribution in [0.2, 0.25) is 0 Å². The maximum Gasteiger partial charge on any atom is 0.246 e. The van der Waals surface area contributed by atoms with Crippen molar-refractivity contribution in [2.45, 2.75) is 24.3 Å². The molecule has 6 nitrogen and oxygen atoms in total. The number of aromatic amines is 1. The monoisotopic (exact) mass is 245 g/mol. The summed E-state index contributed by atoms with van der Waals surface area (Å²) in [5.74, 6) is 0. The van der Waals surface area contributed by atoms with E-state index in [-0.39, 0.29) is 10.9 Å². The first-order chi connectivity index (χ1) is 7.66. The fraction of sp³-hybridized carbons (Fsp3) is 0.667. The molecule has 1 atom stereocenters. The van der Waals surface area contributed by atoms with Crippen molar-refractivity contribution < 1.29 is 13.2 Å². The van der Waals surface area contributed by atoms with Crippen molar-refractivity contribution in [3.63, 3.8) is 0 Å². The van der Waals surface area contributed by atoms with Gasteiger partial charge in [-0.25, -0.2) is 8.42 Å². The van der Waals surface area contributed by atoms with Gasteiger partial charge >= 0.3 is 0 Å². The summed E-state index contributed by atoms with van der Waals surface area (Å²) in [5.41, 5.74) is 0. The van der Waals surface area contributed by atoms with Crippen molar-refractivity contribution in [3.05, 3.63) is 12.4 Å². The number of morpholine rings is 1. The molecule has 1 unspecified atom stereocenters. The molecule has 1 aliphatic rings. The lowest BCUT2D eigenvalue weighted by molar-refractivity contribution is 0.0314. The van der Waals surface area contributed by atoms with Gasteiger partial charge in [-0.3, -0.25) is 5.10 Å². The predicted molar refractivity (Wildman–Crippen MR) is 57.4 cm³/mol. The number of nitrogens with zero attached hydrogens (tertiary/aromatic N) is 2. The van der Waals surface area contributed by atoms with Crippen molar-refractivity contribution in [1.29, 1.82) is 0 Å². The van der Waals surface area contributed by atoms with Crippen LogP contribution in [0.5, 0.6) is 0 Å². The first-order valence-electron chi connectivity index (χ1n) is 5.24. The molecule has 0 aliphatic carbocycles. The summed E-state index contributed by atoms with van der Waals surface area (Å²) < 4.78 is 31.2. The quantitative estimate of drug-likeness (QED) is 0.826. The minimum absolute atomic E-state index is 0.0753. The van der Waals surface area contributed by atoms with E-state index in [9.17, 15) is 8.42 Å². The van der Waals surface area contributed by atoms with Crippen LogP contribution in [-0.2, 0) is 14.8 Å². The highest BCUT2D eigenvalue weighted by atomic mass is 32.2. The van der Waals surface area contributed by atoms with E-state index in [1.54, 1.807) is 0 Å². The van der Waals surface area contributed by atoms with Gasteiger partial charge in [0.1, 0.15) is 4.90 Å². The number of nitrogens with one attached hydrogen (secondary N) is 1. The molecule has 0 bridgehead atoms. The molecule has 1 saturated heterocycles. The Morgan fingerprint density at radius 1 is 1.69 bits per heavy atom. The van der Waals surface area contributed by atoms with Crippen LogP contribution >= 0.6 is 0 Å². The zero-order valence-electron chi connectivity index (χ0n) is 9.09. The summed E-state index contributed by atoms with van der Waals surface area (Å²) in [4.78, 5) is 0.216. The second-order valence-corrected chi connectivity index (χ2v) is 5.58. The van der Waals surface area contributed by atoms with Crippen LogP contribution in [0.15, 0.2) is 17.3 Å². The Bertz CT molecular complexity index is 429. The lowest BCUT2D eigenvalue weighted by atomic mass is 10.2. The van der Waals surface area contributed by atoms with Gasteiger partial charge in [-0.15, -0.1) is 0 Å². The second kappa shape index (κ2) is 4.52. The molecule has 16 heavy (non-hydrogen) atoms. The Kier molecular flexibility index (Phi) is 3.27. The van der Waals surface area contributed by atoms with Crippen molar-refractivity contribution in [2.24, 2.45) is 0 Å². The Balaban J connectivity index is 2.28. The number of ether oxygens (including phenoxy) is 1. The fourth-order valence-corrected chi connectivity index (χ4v) is 3.37. The van der Waals surface area contributed by atoms with E-state index < -0.39 is 10.0 Å². The van der Waals surface area contributed by atoms with Gasteiger partial charge in [-0.2, -0.15) is 9.40 Å². The van der Waals surface area contributed by atoms with Crippen LogP contribution in [0.25, 0.3) is 0 Å². The SMILES string of the molecule is CCC1COCCN1S(=O)(=O)c1cn[nH]c1. The van der Waals surface area contributed by atoms with E-state index in [0.717, 1.165) is 6.42 Å². The van der Waals surface area contributed by atoms with Crippen molar-refractivity contribution in [1.82, 2.24) is 14.5 Å². The molecule has 2 heterocycles. The van der Waals surface area contributed by atoms with Crippen LogP contribution in [0.1, 0.15) is 13.3 Å². The first-order valence-corrected chi connectivity index (χ1v) is 6.68. The van der Waals surface area contributed by atoms with Crippen molar-refractivity contribution in [3.8, 4) is 0 Å². The number of rotatable bonds is 3. The van der Waals surface area contributed by atoms with Crippen LogP contribution < -0.4 is 0 Å². The number of H-pyrrole nitrogens is 1. The average Bonchev–Trinajstić information content (AvgIpc) is 2.83. The molecule has 1 aromatic rings. The molecule has 1 fully saturated rings. The number of sulfonamides is 1. The lowest BCUT2D eigenvalue weighted by Gasteiger charge is -2.33. The highest BCUT2D eigenvalue weighted by Crippen LogP contribution is 2.20. The highest BCUT2D eigenvalue weighted by Gasteiger charge is 2.33. The van der Waals surface area contributed by atoms with Crippen LogP contribution in [0.3, 0.4) is 0 Å². The Labute approximate surface area is 94.6 Å². The van der Waals surface area contributed by atoms with E-state index in [0.29, 0.717) is 19.8 Å². The smallest absolute Gasteiger partial charge is 0.246 e. The third-order valence-electron chi connectivity index (χ3n) is 2.72. The number of aromatic nitrogens is 2. The Hall–Kier alpha value is -0.920. The highest BCUT2D eigenvalue weighted by molar-refractivity contribution is 7.89. The predicted octanol–water partition coefficient (Wildman–Crippen LogP) is 0.209. The first kappa shape index (κ1) is 11.6. The van der Waals surface area contributed by atoms with Crippen LogP contribution in [0.4, 0.5) is 0 Å². The molecule has 1 N–H and O–H groups in total. The van der Waals surface area contributed by atoms with E-state index in [1.165, 1.54) is 16.7 Å². The van der Waals surface area contributed by atoms with E-state index in [4.69, 9.17) is 4.74 Å². The van der Waals surface area contributed by atoms with Gasteiger partial charge in [0.15, 0.2) is 0 Å². The van der Waals surface area contributed by atoms with Crippen molar-refractivity contribution in [2.75, 3.05) is 19.8 Å². The van der Waals surface area contributed by atoms with Crippen molar-refractivity contribution >= 4 is 10.0 Å². The molecule has 90 valence electrons. The molecule has 0 aromatic carbocycles. The van der Waals surface area contributed by atoms with Crippen LogP contribution in [0, 0.1) is 0 Å². The molecule has 0 amide bonds. The van der Waals surface area contributed by atoms with Crippen LogP contribution in [-0.4, -0.2) is 48.7 Å². The van der Waals surface area contributed by atoms with E-state index in [2.05, 4.69) is 10.2 Å². The molecule has 0 saturated carbocycles. The third-order valence-corrected chi connectivity index (χ3v) is 4.64. The molecular weight excluding hydrogens is 230 g/mol. The maximum atomic E-state index is 12.2. The summed E-state index contributed by atoms with van der Waals surface area (Å²) in [7, 11) is -3.42. The van der Waals surface area contributed by atoms with E-state index in [1.807, 2.05) is 6.92 Å². The number of hydrogen-bond donors (Lipinski definition) is 1.